The van der Waals surface area contributed by atoms with E-state index in [9.17, 15) is 4.79 Å². The SMILES string of the molecule is CCNC(=O)c1sc(-c2ccsc2)nc1C. The Morgan fingerprint density at radius 1 is 1.56 bits per heavy atom. The lowest BCUT2D eigenvalue weighted by Crippen LogP contribution is -2.22. The number of rotatable bonds is 3. The number of aryl methyl sites for hydroxylation is 1. The molecule has 0 fully saturated rings. The molecule has 3 nitrogen and oxygen atoms in total. The Morgan fingerprint density at radius 3 is 3.00 bits per heavy atom. The first-order chi connectivity index (χ1) is 7.72. The van der Waals surface area contributed by atoms with Crippen LogP contribution < -0.4 is 5.32 Å². The van der Waals surface area contributed by atoms with Crippen LogP contribution in [0.25, 0.3) is 10.6 Å². The number of hydrogen-bond donors (Lipinski definition) is 1. The molecule has 0 aliphatic rings. The summed E-state index contributed by atoms with van der Waals surface area (Å²) in [5.74, 6) is -0.0287. The minimum absolute atomic E-state index is 0.0287. The summed E-state index contributed by atoms with van der Waals surface area (Å²) in [4.78, 5) is 16.8. The van der Waals surface area contributed by atoms with Gasteiger partial charge in [0.25, 0.3) is 5.91 Å². The molecule has 1 N–H and O–H groups in total. The highest BCUT2D eigenvalue weighted by Gasteiger charge is 2.15. The first-order valence-corrected chi connectivity index (χ1v) is 6.76. The quantitative estimate of drug-likeness (QED) is 0.912. The van der Waals surface area contributed by atoms with Gasteiger partial charge in [-0.1, -0.05) is 0 Å². The molecule has 16 heavy (non-hydrogen) atoms. The number of nitrogens with zero attached hydrogens (tertiary/aromatic N) is 1. The maximum atomic E-state index is 11.7. The number of thiophene rings is 1. The minimum atomic E-state index is -0.0287. The summed E-state index contributed by atoms with van der Waals surface area (Å²) in [5, 5.41) is 7.77. The van der Waals surface area contributed by atoms with Gasteiger partial charge in [0.1, 0.15) is 9.88 Å². The molecule has 0 aliphatic carbocycles. The van der Waals surface area contributed by atoms with Gasteiger partial charge in [-0.15, -0.1) is 11.3 Å². The normalized spacial score (nSPS) is 10.4. The molecule has 0 saturated heterocycles. The predicted octanol–water partition coefficient (Wildman–Crippen LogP) is 2.93. The maximum absolute atomic E-state index is 11.7. The molecule has 1 amide bonds. The van der Waals surface area contributed by atoms with Gasteiger partial charge in [-0.05, 0) is 25.3 Å². The number of carbonyl (C=O) groups is 1. The van der Waals surface area contributed by atoms with Gasteiger partial charge in [0.15, 0.2) is 0 Å². The van der Waals surface area contributed by atoms with E-state index in [4.69, 9.17) is 0 Å². The molecule has 2 rings (SSSR count). The van der Waals surface area contributed by atoms with Crippen LogP contribution in [0, 0.1) is 6.92 Å². The summed E-state index contributed by atoms with van der Waals surface area (Å²) in [5.41, 5.74) is 1.89. The van der Waals surface area contributed by atoms with E-state index in [1.807, 2.05) is 30.7 Å². The fraction of sp³-hybridized carbons (Fsp3) is 0.273. The molecule has 0 saturated carbocycles. The van der Waals surface area contributed by atoms with Gasteiger partial charge in [0.2, 0.25) is 0 Å². The summed E-state index contributed by atoms with van der Waals surface area (Å²) in [7, 11) is 0. The van der Waals surface area contributed by atoms with Gasteiger partial charge in [-0.2, -0.15) is 11.3 Å². The van der Waals surface area contributed by atoms with Crippen molar-refractivity contribution in [3.8, 4) is 10.6 Å². The molecule has 0 bridgehead atoms. The zero-order valence-electron chi connectivity index (χ0n) is 9.11. The lowest BCUT2D eigenvalue weighted by Gasteiger charge is -1.97. The Balaban J connectivity index is 2.32. The Hall–Kier alpha value is -1.20. The summed E-state index contributed by atoms with van der Waals surface area (Å²) in [6, 6.07) is 2.02. The highest BCUT2D eigenvalue weighted by Crippen LogP contribution is 2.29. The smallest absolute Gasteiger partial charge is 0.263 e. The number of nitrogens with one attached hydrogen (secondary N) is 1. The van der Waals surface area contributed by atoms with Crippen LogP contribution >= 0.6 is 22.7 Å². The van der Waals surface area contributed by atoms with Crippen molar-refractivity contribution in [3.05, 3.63) is 27.4 Å². The van der Waals surface area contributed by atoms with Crippen LogP contribution in [0.15, 0.2) is 16.8 Å². The number of carbonyl (C=O) groups excluding carboxylic acids is 1. The van der Waals surface area contributed by atoms with Crippen LogP contribution in [-0.4, -0.2) is 17.4 Å². The monoisotopic (exact) mass is 252 g/mol. The topological polar surface area (TPSA) is 42.0 Å². The van der Waals surface area contributed by atoms with Crippen LogP contribution in [0.1, 0.15) is 22.3 Å². The second-order valence-corrected chi connectivity index (χ2v) is 5.08. The standard InChI is InChI=1S/C11H12N2OS2/c1-3-12-10(14)9-7(2)13-11(16-9)8-4-5-15-6-8/h4-6H,3H2,1-2H3,(H,12,14). The van der Waals surface area contributed by atoms with Gasteiger partial charge in [-0.3, -0.25) is 4.79 Å². The molecule has 0 atom stereocenters. The molecule has 0 spiro atoms. The fourth-order valence-electron chi connectivity index (χ4n) is 1.36. The predicted molar refractivity (Wildman–Crippen MR) is 68.2 cm³/mol. The van der Waals surface area contributed by atoms with Crippen LogP contribution in [0.2, 0.25) is 0 Å². The van der Waals surface area contributed by atoms with E-state index in [0.29, 0.717) is 11.4 Å². The average molecular weight is 252 g/mol. The summed E-state index contributed by atoms with van der Waals surface area (Å²) < 4.78 is 0. The maximum Gasteiger partial charge on any atom is 0.263 e. The third-order valence-electron chi connectivity index (χ3n) is 2.11. The Bertz CT molecular complexity index is 488. The minimum Gasteiger partial charge on any atom is -0.352 e. The largest absolute Gasteiger partial charge is 0.352 e. The molecular weight excluding hydrogens is 240 g/mol. The van der Waals surface area contributed by atoms with Gasteiger partial charge in [0, 0.05) is 17.5 Å². The molecule has 2 heterocycles. The van der Waals surface area contributed by atoms with Crippen molar-refractivity contribution in [2.24, 2.45) is 0 Å². The first-order valence-electron chi connectivity index (χ1n) is 5.00. The van der Waals surface area contributed by atoms with Crippen molar-refractivity contribution in [3.63, 3.8) is 0 Å². The molecule has 5 heteroatoms. The molecule has 0 aliphatic heterocycles. The molecular formula is C11H12N2OS2. The summed E-state index contributed by atoms with van der Waals surface area (Å²) in [6.45, 7) is 4.43. The Morgan fingerprint density at radius 2 is 2.38 bits per heavy atom. The second kappa shape index (κ2) is 4.76. The van der Waals surface area contributed by atoms with Gasteiger partial charge < -0.3 is 5.32 Å². The van der Waals surface area contributed by atoms with Crippen molar-refractivity contribution in [1.82, 2.24) is 10.3 Å². The van der Waals surface area contributed by atoms with E-state index >= 15 is 0 Å². The van der Waals surface area contributed by atoms with E-state index in [-0.39, 0.29) is 5.91 Å². The van der Waals surface area contributed by atoms with Gasteiger partial charge in [-0.25, -0.2) is 4.98 Å². The van der Waals surface area contributed by atoms with Crippen molar-refractivity contribution < 1.29 is 4.79 Å². The third kappa shape index (κ3) is 2.15. The molecule has 84 valence electrons. The van der Waals surface area contributed by atoms with E-state index in [1.54, 1.807) is 11.3 Å². The van der Waals surface area contributed by atoms with Crippen LogP contribution in [0.3, 0.4) is 0 Å². The Kier molecular flexibility index (Phi) is 3.36. The summed E-state index contributed by atoms with van der Waals surface area (Å²) >= 11 is 3.08. The number of amides is 1. The van der Waals surface area contributed by atoms with Crippen LogP contribution in [-0.2, 0) is 0 Å². The lowest BCUT2D eigenvalue weighted by molar-refractivity contribution is 0.0959. The van der Waals surface area contributed by atoms with Crippen LogP contribution in [0.5, 0.6) is 0 Å². The highest BCUT2D eigenvalue weighted by atomic mass is 32.1. The van der Waals surface area contributed by atoms with Gasteiger partial charge >= 0.3 is 0 Å². The van der Waals surface area contributed by atoms with Gasteiger partial charge in [0.05, 0.1) is 5.69 Å². The summed E-state index contributed by atoms with van der Waals surface area (Å²) in [6.07, 6.45) is 0. The molecule has 0 unspecified atom stereocenters. The van der Waals surface area contributed by atoms with Crippen molar-refractivity contribution in [2.45, 2.75) is 13.8 Å². The Labute approximate surface area is 102 Å². The van der Waals surface area contributed by atoms with E-state index in [2.05, 4.69) is 10.3 Å². The lowest BCUT2D eigenvalue weighted by atomic mass is 10.3. The molecule has 2 aromatic heterocycles. The first kappa shape index (κ1) is 11.3. The highest BCUT2D eigenvalue weighted by molar-refractivity contribution is 7.17. The van der Waals surface area contributed by atoms with E-state index < -0.39 is 0 Å². The van der Waals surface area contributed by atoms with Crippen LogP contribution in [0.4, 0.5) is 0 Å². The molecule has 2 aromatic rings. The van der Waals surface area contributed by atoms with Crippen molar-refractivity contribution in [1.29, 1.82) is 0 Å². The van der Waals surface area contributed by atoms with Crippen molar-refractivity contribution >= 4 is 28.6 Å². The van der Waals surface area contributed by atoms with E-state index in [1.165, 1.54) is 11.3 Å². The fourth-order valence-corrected chi connectivity index (χ4v) is 3.05. The van der Waals surface area contributed by atoms with Crippen molar-refractivity contribution in [2.75, 3.05) is 6.54 Å². The zero-order valence-corrected chi connectivity index (χ0v) is 10.7. The third-order valence-corrected chi connectivity index (χ3v) is 4.00. The zero-order chi connectivity index (χ0) is 11.5. The molecule has 0 radical (unpaired) electrons. The van der Waals surface area contributed by atoms with E-state index in [0.717, 1.165) is 16.3 Å². The number of hydrogen-bond acceptors (Lipinski definition) is 4. The number of thiazole rings is 1. The molecule has 0 aromatic carbocycles. The number of aromatic nitrogens is 1. The second-order valence-electron chi connectivity index (χ2n) is 3.31. The average Bonchev–Trinajstić information content (AvgIpc) is 2.86.